The Bertz CT molecular complexity index is 1100. The molecule has 1 fully saturated rings. The third-order valence-electron chi connectivity index (χ3n) is 4.25. The summed E-state index contributed by atoms with van der Waals surface area (Å²) in [7, 11) is -7.08. The highest BCUT2D eigenvalue weighted by atomic mass is 35.5. The average Bonchev–Trinajstić information content (AvgIpc) is 2.99. The van der Waals surface area contributed by atoms with Gasteiger partial charge in [-0.2, -0.15) is 0 Å². The van der Waals surface area contributed by atoms with Gasteiger partial charge in [-0.05, 0) is 48.9 Å². The molecule has 0 bridgehead atoms. The van der Waals surface area contributed by atoms with Crippen LogP contribution in [0.4, 0.5) is 5.69 Å². The Balaban J connectivity index is 1.76. The molecular weight excluding hydrogens is 433 g/mol. The monoisotopic (exact) mass is 447 g/mol. The minimum Gasteiger partial charge on any atom is -0.322 e. The van der Waals surface area contributed by atoms with Gasteiger partial charge in [-0.25, -0.2) is 16.8 Å². The normalized spacial score (nSPS) is 19.0. The molecule has 0 unspecified atom stereocenters. The topological polar surface area (TPSA) is 97.4 Å². The van der Waals surface area contributed by atoms with E-state index in [0.717, 1.165) is 0 Å². The summed E-state index contributed by atoms with van der Waals surface area (Å²) in [6, 6.07) is 10.0. The van der Waals surface area contributed by atoms with Crippen LogP contribution < -0.4 is 5.32 Å². The zero-order valence-electron chi connectivity index (χ0n) is 13.9. The standard InChI is InChI=1S/C17H15Cl2NO5S2/c18-15-6-3-12(9-16(15)19)20-17(21)11-1-4-13(5-2-11)27(24,25)14-7-8-26(22,23)10-14/h1-6,9,14H,7-8,10H2,(H,20,21)/t14-/m0/s1. The van der Waals surface area contributed by atoms with Crippen LogP contribution in [-0.4, -0.2) is 39.5 Å². The predicted molar refractivity (Wildman–Crippen MR) is 105 cm³/mol. The van der Waals surface area contributed by atoms with Crippen molar-refractivity contribution in [2.45, 2.75) is 16.6 Å². The lowest BCUT2D eigenvalue weighted by atomic mass is 10.2. The Kier molecular flexibility index (Phi) is 5.54. The Morgan fingerprint density at radius 3 is 2.26 bits per heavy atom. The number of hydrogen-bond donors (Lipinski definition) is 1. The fourth-order valence-electron chi connectivity index (χ4n) is 2.77. The van der Waals surface area contributed by atoms with Crippen LogP contribution in [0.1, 0.15) is 16.8 Å². The molecule has 0 radical (unpaired) electrons. The van der Waals surface area contributed by atoms with E-state index in [0.29, 0.717) is 15.7 Å². The van der Waals surface area contributed by atoms with E-state index in [1.165, 1.54) is 30.3 Å². The van der Waals surface area contributed by atoms with E-state index in [9.17, 15) is 21.6 Å². The summed E-state index contributed by atoms with van der Waals surface area (Å²) in [6.07, 6.45) is 0.0875. The zero-order chi connectivity index (χ0) is 19.8. The second kappa shape index (κ2) is 7.43. The molecule has 144 valence electrons. The molecule has 1 amide bonds. The third kappa shape index (κ3) is 4.45. The molecule has 6 nitrogen and oxygen atoms in total. The van der Waals surface area contributed by atoms with Crippen LogP contribution in [0, 0.1) is 0 Å². The molecule has 27 heavy (non-hydrogen) atoms. The molecule has 1 atom stereocenters. The predicted octanol–water partition coefficient (Wildman–Crippen LogP) is 3.21. The largest absolute Gasteiger partial charge is 0.322 e. The van der Waals surface area contributed by atoms with Crippen molar-refractivity contribution < 1.29 is 21.6 Å². The Morgan fingerprint density at radius 2 is 1.70 bits per heavy atom. The Hall–Kier alpha value is -1.61. The van der Waals surface area contributed by atoms with Gasteiger partial charge in [-0.15, -0.1) is 0 Å². The number of halogens is 2. The maximum absolute atomic E-state index is 12.6. The van der Waals surface area contributed by atoms with Crippen LogP contribution >= 0.6 is 23.2 Å². The zero-order valence-corrected chi connectivity index (χ0v) is 17.0. The van der Waals surface area contributed by atoms with E-state index in [4.69, 9.17) is 23.2 Å². The van der Waals surface area contributed by atoms with Gasteiger partial charge in [-0.3, -0.25) is 4.79 Å². The fraction of sp³-hybridized carbons (Fsp3) is 0.235. The lowest BCUT2D eigenvalue weighted by molar-refractivity contribution is 0.102. The first kappa shape index (κ1) is 20.1. The van der Waals surface area contributed by atoms with Crippen molar-refractivity contribution in [2.75, 3.05) is 16.8 Å². The molecule has 0 aromatic heterocycles. The summed E-state index contributed by atoms with van der Waals surface area (Å²) >= 11 is 11.7. The average molecular weight is 448 g/mol. The van der Waals surface area contributed by atoms with Crippen molar-refractivity contribution in [3.63, 3.8) is 0 Å². The molecule has 1 N–H and O–H groups in total. The second-order valence-corrected chi connectivity index (χ2v) is 11.4. The molecule has 0 spiro atoms. The van der Waals surface area contributed by atoms with Crippen molar-refractivity contribution in [1.82, 2.24) is 0 Å². The molecule has 2 aromatic rings. The van der Waals surface area contributed by atoms with E-state index in [-0.39, 0.29) is 28.4 Å². The van der Waals surface area contributed by atoms with E-state index < -0.39 is 30.8 Å². The summed E-state index contributed by atoms with van der Waals surface area (Å²) in [6.45, 7) is 0. The lowest BCUT2D eigenvalue weighted by Crippen LogP contribution is -2.22. The third-order valence-corrected chi connectivity index (χ3v) is 9.18. The molecule has 1 aliphatic rings. The highest BCUT2D eigenvalue weighted by Crippen LogP contribution is 2.27. The molecule has 0 saturated carbocycles. The fourth-order valence-corrected chi connectivity index (χ4v) is 7.43. The van der Waals surface area contributed by atoms with E-state index in [1.807, 2.05) is 0 Å². The maximum Gasteiger partial charge on any atom is 0.255 e. The number of rotatable bonds is 4. The summed E-state index contributed by atoms with van der Waals surface area (Å²) in [4.78, 5) is 12.3. The summed E-state index contributed by atoms with van der Waals surface area (Å²) in [5, 5.41) is 2.35. The van der Waals surface area contributed by atoms with Crippen molar-refractivity contribution in [3.05, 3.63) is 58.1 Å². The summed E-state index contributed by atoms with van der Waals surface area (Å²) in [5.41, 5.74) is 0.696. The van der Waals surface area contributed by atoms with Crippen molar-refractivity contribution in [1.29, 1.82) is 0 Å². The number of hydrogen-bond acceptors (Lipinski definition) is 5. The van der Waals surface area contributed by atoms with Crippen LogP contribution in [0.25, 0.3) is 0 Å². The molecule has 1 heterocycles. The minimum atomic E-state index is -3.76. The van der Waals surface area contributed by atoms with Crippen molar-refractivity contribution in [2.24, 2.45) is 0 Å². The number of carbonyl (C=O) groups is 1. The molecule has 0 aliphatic carbocycles. The van der Waals surface area contributed by atoms with Crippen LogP contribution in [0.2, 0.25) is 10.0 Å². The smallest absolute Gasteiger partial charge is 0.255 e. The lowest BCUT2D eigenvalue weighted by Gasteiger charge is -2.11. The quantitative estimate of drug-likeness (QED) is 0.775. The van der Waals surface area contributed by atoms with Gasteiger partial charge < -0.3 is 5.32 Å². The molecule has 1 aliphatic heterocycles. The first-order valence-electron chi connectivity index (χ1n) is 7.89. The van der Waals surface area contributed by atoms with Crippen LogP contribution in [0.5, 0.6) is 0 Å². The molecule has 10 heteroatoms. The summed E-state index contributed by atoms with van der Waals surface area (Å²) in [5.74, 6) is -0.934. The minimum absolute atomic E-state index is 0.00399. The van der Waals surface area contributed by atoms with Crippen LogP contribution in [0.3, 0.4) is 0 Å². The molecule has 2 aromatic carbocycles. The van der Waals surface area contributed by atoms with E-state index in [2.05, 4.69) is 5.32 Å². The molecule has 1 saturated heterocycles. The number of nitrogens with one attached hydrogen (secondary N) is 1. The molecular formula is C17H15Cl2NO5S2. The number of anilines is 1. The summed E-state index contributed by atoms with van der Waals surface area (Å²) < 4.78 is 48.2. The van der Waals surface area contributed by atoms with Gasteiger partial charge in [0.25, 0.3) is 5.91 Å². The Morgan fingerprint density at radius 1 is 1.04 bits per heavy atom. The van der Waals surface area contributed by atoms with Crippen LogP contribution in [-0.2, 0) is 19.7 Å². The first-order valence-corrected chi connectivity index (χ1v) is 12.0. The highest BCUT2D eigenvalue weighted by Gasteiger charge is 2.37. The van der Waals surface area contributed by atoms with Gasteiger partial charge >= 0.3 is 0 Å². The maximum atomic E-state index is 12.6. The highest BCUT2D eigenvalue weighted by molar-refractivity contribution is 7.96. The number of carbonyl (C=O) groups excluding carboxylic acids is 1. The van der Waals surface area contributed by atoms with Gasteiger partial charge in [-0.1, -0.05) is 23.2 Å². The number of amides is 1. The Labute approximate surface area is 167 Å². The van der Waals surface area contributed by atoms with Gasteiger partial charge in [0.2, 0.25) is 0 Å². The van der Waals surface area contributed by atoms with Crippen molar-refractivity contribution in [3.8, 4) is 0 Å². The SMILES string of the molecule is O=C(Nc1ccc(Cl)c(Cl)c1)c1ccc(S(=O)(=O)[C@H]2CCS(=O)(=O)C2)cc1. The number of sulfone groups is 2. The van der Waals surface area contributed by atoms with Crippen LogP contribution in [0.15, 0.2) is 47.4 Å². The van der Waals surface area contributed by atoms with E-state index in [1.54, 1.807) is 12.1 Å². The van der Waals surface area contributed by atoms with Gasteiger partial charge in [0.05, 0.1) is 31.7 Å². The number of benzene rings is 2. The molecule has 3 rings (SSSR count). The van der Waals surface area contributed by atoms with E-state index >= 15 is 0 Å². The first-order chi connectivity index (χ1) is 12.6. The van der Waals surface area contributed by atoms with Gasteiger partial charge in [0, 0.05) is 11.3 Å². The second-order valence-electron chi connectivity index (χ2n) is 6.18. The van der Waals surface area contributed by atoms with Gasteiger partial charge in [0.15, 0.2) is 19.7 Å². The van der Waals surface area contributed by atoms with Crippen molar-refractivity contribution >= 4 is 54.5 Å². The van der Waals surface area contributed by atoms with Gasteiger partial charge in [0.1, 0.15) is 0 Å².